The van der Waals surface area contributed by atoms with Gasteiger partial charge in [0.2, 0.25) is 0 Å². The molecule has 1 rings (SSSR count). The van der Waals surface area contributed by atoms with Gasteiger partial charge in [0.05, 0.1) is 4.92 Å². The van der Waals surface area contributed by atoms with Crippen LogP contribution >= 0.6 is 0 Å². The van der Waals surface area contributed by atoms with Crippen molar-refractivity contribution >= 4 is 11.4 Å². The number of aliphatic hydroxyl groups is 1. The van der Waals surface area contributed by atoms with Gasteiger partial charge in [-0.05, 0) is 24.6 Å². The Kier molecular flexibility index (Phi) is 5.54. The van der Waals surface area contributed by atoms with Crippen LogP contribution in [0.4, 0.5) is 11.4 Å². The molecule has 1 aromatic rings. The molecule has 0 atom stereocenters. The lowest BCUT2D eigenvalue weighted by molar-refractivity contribution is -0.384. The van der Waals surface area contributed by atoms with Crippen LogP contribution < -0.4 is 5.73 Å². The molecule has 0 heterocycles. The maximum atomic E-state index is 10.8. The van der Waals surface area contributed by atoms with Crippen molar-refractivity contribution in [3.05, 3.63) is 33.9 Å². The summed E-state index contributed by atoms with van der Waals surface area (Å²) in [7, 11) is 0. The van der Waals surface area contributed by atoms with Crippen LogP contribution in [-0.2, 0) is 6.54 Å². The Labute approximate surface area is 106 Å². The van der Waals surface area contributed by atoms with E-state index in [4.69, 9.17) is 10.8 Å². The van der Waals surface area contributed by atoms with E-state index in [1.54, 1.807) is 12.1 Å². The first kappa shape index (κ1) is 14.4. The van der Waals surface area contributed by atoms with Gasteiger partial charge in [0.1, 0.15) is 5.69 Å². The first-order chi connectivity index (χ1) is 8.58. The minimum absolute atomic E-state index is 0.0503. The van der Waals surface area contributed by atoms with Crippen molar-refractivity contribution < 1.29 is 10.0 Å². The average molecular weight is 253 g/mol. The van der Waals surface area contributed by atoms with E-state index in [2.05, 4.69) is 4.90 Å². The van der Waals surface area contributed by atoms with Gasteiger partial charge < -0.3 is 10.8 Å². The fourth-order valence-electron chi connectivity index (χ4n) is 1.75. The summed E-state index contributed by atoms with van der Waals surface area (Å²) >= 11 is 0. The number of rotatable bonds is 7. The second-order valence-corrected chi connectivity index (χ2v) is 4.10. The molecule has 100 valence electrons. The predicted octanol–water partition coefficient (Wildman–Crippen LogP) is 1.38. The van der Waals surface area contributed by atoms with Gasteiger partial charge >= 0.3 is 0 Å². The van der Waals surface area contributed by atoms with Gasteiger partial charge in [0.15, 0.2) is 0 Å². The highest BCUT2D eigenvalue weighted by molar-refractivity contribution is 5.59. The average Bonchev–Trinajstić information content (AvgIpc) is 2.36. The predicted molar refractivity (Wildman–Crippen MR) is 70.2 cm³/mol. The Morgan fingerprint density at radius 1 is 1.50 bits per heavy atom. The molecule has 1 aromatic carbocycles. The van der Waals surface area contributed by atoms with E-state index in [0.717, 1.165) is 18.7 Å². The smallest absolute Gasteiger partial charge is 0.292 e. The van der Waals surface area contributed by atoms with Gasteiger partial charge in [0.25, 0.3) is 5.69 Å². The van der Waals surface area contributed by atoms with E-state index in [1.807, 2.05) is 6.92 Å². The lowest BCUT2D eigenvalue weighted by Gasteiger charge is -2.19. The Balaban J connectivity index is 2.77. The molecule has 0 saturated carbocycles. The van der Waals surface area contributed by atoms with Crippen LogP contribution in [0.2, 0.25) is 0 Å². The Bertz CT molecular complexity index is 410. The highest BCUT2D eigenvalue weighted by Gasteiger charge is 2.13. The van der Waals surface area contributed by atoms with E-state index >= 15 is 0 Å². The molecular formula is C12H19N3O3. The monoisotopic (exact) mass is 253 g/mol. The number of hydrogen-bond donors (Lipinski definition) is 2. The van der Waals surface area contributed by atoms with Gasteiger partial charge in [-0.3, -0.25) is 15.0 Å². The topological polar surface area (TPSA) is 92.6 Å². The zero-order valence-corrected chi connectivity index (χ0v) is 10.5. The maximum Gasteiger partial charge on any atom is 0.292 e. The van der Waals surface area contributed by atoms with Crippen molar-refractivity contribution in [1.82, 2.24) is 4.90 Å². The van der Waals surface area contributed by atoms with Crippen LogP contribution in [0.1, 0.15) is 18.9 Å². The summed E-state index contributed by atoms with van der Waals surface area (Å²) in [6.45, 7) is 4.39. The van der Waals surface area contributed by atoms with Gasteiger partial charge in [-0.1, -0.05) is 13.0 Å². The van der Waals surface area contributed by atoms with Crippen molar-refractivity contribution in [2.24, 2.45) is 0 Å². The molecule has 0 aliphatic heterocycles. The highest BCUT2D eigenvalue weighted by atomic mass is 16.6. The van der Waals surface area contributed by atoms with Crippen LogP contribution in [0.25, 0.3) is 0 Å². The highest BCUT2D eigenvalue weighted by Crippen LogP contribution is 2.23. The fraction of sp³-hybridized carbons (Fsp3) is 0.500. The van der Waals surface area contributed by atoms with Crippen LogP contribution in [0.3, 0.4) is 0 Å². The van der Waals surface area contributed by atoms with Crippen molar-refractivity contribution in [2.45, 2.75) is 19.9 Å². The molecule has 0 aliphatic rings. The maximum absolute atomic E-state index is 10.8. The van der Waals surface area contributed by atoms with E-state index in [1.165, 1.54) is 6.07 Å². The van der Waals surface area contributed by atoms with Crippen molar-refractivity contribution in [3.8, 4) is 0 Å². The zero-order valence-electron chi connectivity index (χ0n) is 10.5. The summed E-state index contributed by atoms with van der Waals surface area (Å²) in [5, 5.41) is 19.6. The lowest BCUT2D eigenvalue weighted by Crippen LogP contribution is -2.24. The quantitative estimate of drug-likeness (QED) is 0.435. The molecule has 18 heavy (non-hydrogen) atoms. The summed E-state index contributed by atoms with van der Waals surface area (Å²) in [6, 6.07) is 4.87. The van der Waals surface area contributed by atoms with Gasteiger partial charge in [-0.25, -0.2) is 0 Å². The standard InChI is InChI=1S/C12H19N3O3/c1-2-14(6-3-7-16)9-10-4-5-11(13)12(8-10)15(17)18/h4-5,8,16H,2-3,6-7,9,13H2,1H3. The Morgan fingerprint density at radius 2 is 2.22 bits per heavy atom. The lowest BCUT2D eigenvalue weighted by atomic mass is 10.1. The molecule has 0 bridgehead atoms. The molecule has 3 N–H and O–H groups in total. The van der Waals surface area contributed by atoms with Crippen molar-refractivity contribution in [2.75, 3.05) is 25.4 Å². The Hall–Kier alpha value is -1.66. The molecule has 0 unspecified atom stereocenters. The number of hydrogen-bond acceptors (Lipinski definition) is 5. The third-order valence-corrected chi connectivity index (χ3v) is 2.78. The van der Waals surface area contributed by atoms with E-state index in [-0.39, 0.29) is 18.0 Å². The molecule has 0 spiro atoms. The zero-order chi connectivity index (χ0) is 13.5. The van der Waals surface area contributed by atoms with Crippen molar-refractivity contribution in [3.63, 3.8) is 0 Å². The largest absolute Gasteiger partial charge is 0.396 e. The third-order valence-electron chi connectivity index (χ3n) is 2.78. The van der Waals surface area contributed by atoms with E-state index in [9.17, 15) is 10.1 Å². The fourth-order valence-corrected chi connectivity index (χ4v) is 1.75. The number of nitro benzene ring substituents is 1. The number of nitro groups is 1. The Morgan fingerprint density at radius 3 is 2.78 bits per heavy atom. The second kappa shape index (κ2) is 6.93. The summed E-state index contributed by atoms with van der Waals surface area (Å²) in [5.41, 5.74) is 6.53. The first-order valence-electron chi connectivity index (χ1n) is 5.94. The van der Waals surface area contributed by atoms with Gasteiger partial charge in [-0.2, -0.15) is 0 Å². The summed E-state index contributed by atoms with van der Waals surface area (Å²) in [6.07, 6.45) is 0.699. The number of nitrogens with two attached hydrogens (primary N) is 1. The molecule has 6 heteroatoms. The molecule has 0 radical (unpaired) electrons. The van der Waals surface area contributed by atoms with Gasteiger partial charge in [-0.15, -0.1) is 0 Å². The van der Waals surface area contributed by atoms with E-state index < -0.39 is 4.92 Å². The number of anilines is 1. The van der Waals surface area contributed by atoms with Gasteiger partial charge in [0, 0.05) is 25.8 Å². The third kappa shape index (κ3) is 3.97. The molecule has 0 aromatic heterocycles. The number of nitrogens with zero attached hydrogens (tertiary/aromatic N) is 2. The minimum atomic E-state index is -0.469. The van der Waals surface area contributed by atoms with E-state index in [0.29, 0.717) is 13.0 Å². The normalized spacial score (nSPS) is 10.8. The number of benzene rings is 1. The summed E-state index contributed by atoms with van der Waals surface area (Å²) in [5.74, 6) is 0. The molecule has 0 amide bonds. The summed E-state index contributed by atoms with van der Waals surface area (Å²) in [4.78, 5) is 12.4. The van der Waals surface area contributed by atoms with Crippen molar-refractivity contribution in [1.29, 1.82) is 0 Å². The molecule has 6 nitrogen and oxygen atoms in total. The number of aliphatic hydroxyl groups excluding tert-OH is 1. The molecule has 0 fully saturated rings. The minimum Gasteiger partial charge on any atom is -0.396 e. The van der Waals surface area contributed by atoms with Crippen LogP contribution in [0.15, 0.2) is 18.2 Å². The van der Waals surface area contributed by atoms with Crippen LogP contribution in [0, 0.1) is 10.1 Å². The second-order valence-electron chi connectivity index (χ2n) is 4.10. The SMILES string of the molecule is CCN(CCCO)Cc1ccc(N)c([N+](=O)[O-])c1. The van der Waals surface area contributed by atoms with Crippen LogP contribution in [-0.4, -0.2) is 34.6 Å². The summed E-state index contributed by atoms with van der Waals surface area (Å²) < 4.78 is 0. The molecular weight excluding hydrogens is 234 g/mol. The van der Waals surface area contributed by atoms with Crippen LogP contribution in [0.5, 0.6) is 0 Å². The molecule has 0 saturated heterocycles. The molecule has 0 aliphatic carbocycles. The first-order valence-corrected chi connectivity index (χ1v) is 5.94. The number of nitrogen functional groups attached to an aromatic ring is 1.